The number of aromatic nitrogens is 3. The van der Waals surface area contributed by atoms with Gasteiger partial charge in [-0.2, -0.15) is 23.5 Å². The smallest absolute Gasteiger partial charge is 0.381 e. The second kappa shape index (κ2) is 3.38. The lowest BCUT2D eigenvalue weighted by Gasteiger charge is -2.27. The summed E-state index contributed by atoms with van der Waals surface area (Å²) >= 11 is 0. The molecule has 0 saturated heterocycles. The Kier molecular flexibility index (Phi) is 2.09. The van der Waals surface area contributed by atoms with Crippen LogP contribution < -0.4 is 5.32 Å². The summed E-state index contributed by atoms with van der Waals surface area (Å²) in [5.74, 6) is 0. The molecule has 3 heterocycles. The number of nitriles is 1. The molecule has 3 rings (SSSR count). The zero-order chi connectivity index (χ0) is 13.8. The second-order valence-electron chi connectivity index (χ2n) is 4.62. The van der Waals surface area contributed by atoms with Crippen LogP contribution in [0.3, 0.4) is 0 Å². The highest BCUT2D eigenvalue weighted by Crippen LogP contribution is 2.47. The molecule has 2 aromatic rings. The normalized spacial score (nSPS) is 22.1. The quantitative estimate of drug-likeness (QED) is 0.791. The predicted octanol–water partition coefficient (Wildman–Crippen LogP) is 1.85. The molecule has 0 bridgehead atoms. The van der Waals surface area contributed by atoms with Gasteiger partial charge in [-0.15, -0.1) is 0 Å². The minimum atomic E-state index is -4.42. The van der Waals surface area contributed by atoms with Gasteiger partial charge in [0.15, 0.2) is 11.3 Å². The van der Waals surface area contributed by atoms with E-state index >= 15 is 0 Å². The Morgan fingerprint density at radius 1 is 1.53 bits per heavy atom. The van der Waals surface area contributed by atoms with Gasteiger partial charge in [0, 0.05) is 12.6 Å². The highest BCUT2D eigenvalue weighted by molar-refractivity contribution is 5.61. The molecule has 0 fully saturated rings. The monoisotopic (exact) mass is 267 g/mol. The molecule has 0 amide bonds. The van der Waals surface area contributed by atoms with Crippen molar-refractivity contribution in [1.82, 2.24) is 14.6 Å². The van der Waals surface area contributed by atoms with E-state index in [-0.39, 0.29) is 23.6 Å². The molecular weight excluding hydrogens is 259 g/mol. The fraction of sp³-hybridized carbons (Fsp3) is 0.364. The van der Waals surface area contributed by atoms with Gasteiger partial charge in [0.1, 0.15) is 11.5 Å². The summed E-state index contributed by atoms with van der Waals surface area (Å²) < 4.78 is 40.9. The fourth-order valence-electron chi connectivity index (χ4n) is 2.24. The van der Waals surface area contributed by atoms with Crippen LogP contribution in [0.5, 0.6) is 0 Å². The van der Waals surface area contributed by atoms with Gasteiger partial charge in [-0.3, -0.25) is 0 Å². The molecule has 0 aliphatic carbocycles. The third-order valence-corrected chi connectivity index (χ3v) is 3.38. The summed E-state index contributed by atoms with van der Waals surface area (Å²) in [5, 5.41) is 15.3. The van der Waals surface area contributed by atoms with Crippen LogP contribution in [0.4, 0.5) is 18.9 Å². The van der Waals surface area contributed by atoms with E-state index < -0.39 is 11.6 Å². The number of anilines is 1. The van der Waals surface area contributed by atoms with E-state index in [1.54, 1.807) is 6.07 Å². The molecular formula is C11H8F3N5. The van der Waals surface area contributed by atoms with Crippen LogP contribution in [0.25, 0.3) is 5.65 Å². The molecule has 0 radical (unpaired) electrons. The Morgan fingerprint density at radius 3 is 2.89 bits per heavy atom. The van der Waals surface area contributed by atoms with Crippen molar-refractivity contribution in [3.05, 3.63) is 23.7 Å². The lowest BCUT2D eigenvalue weighted by Crippen LogP contribution is -2.42. The van der Waals surface area contributed by atoms with E-state index in [1.165, 1.54) is 12.3 Å². The van der Waals surface area contributed by atoms with Gasteiger partial charge < -0.3 is 5.32 Å². The van der Waals surface area contributed by atoms with Gasteiger partial charge in [0.2, 0.25) is 0 Å². The SMILES string of the molecule is C[C@]1(C(F)(F)F)CNc2cnc3cc(C#N)nn3c21. The summed E-state index contributed by atoms with van der Waals surface area (Å²) in [6.45, 7) is 0.841. The van der Waals surface area contributed by atoms with Gasteiger partial charge in [-0.05, 0) is 6.92 Å². The largest absolute Gasteiger partial charge is 0.401 e. The maximum absolute atomic E-state index is 13.3. The molecule has 1 atom stereocenters. The molecule has 98 valence electrons. The van der Waals surface area contributed by atoms with Crippen molar-refractivity contribution in [2.75, 3.05) is 11.9 Å². The van der Waals surface area contributed by atoms with Gasteiger partial charge in [-0.25, -0.2) is 9.50 Å². The molecule has 0 saturated carbocycles. The van der Waals surface area contributed by atoms with Gasteiger partial charge in [0.25, 0.3) is 0 Å². The van der Waals surface area contributed by atoms with Crippen LogP contribution in [0, 0.1) is 11.3 Å². The third kappa shape index (κ3) is 1.41. The number of fused-ring (bicyclic) bond motifs is 3. The van der Waals surface area contributed by atoms with Crippen molar-refractivity contribution in [2.45, 2.75) is 18.5 Å². The average Bonchev–Trinajstić information content (AvgIpc) is 2.89. The average molecular weight is 267 g/mol. The van der Waals surface area contributed by atoms with Crippen molar-refractivity contribution in [3.63, 3.8) is 0 Å². The first-order chi connectivity index (χ1) is 8.87. The van der Waals surface area contributed by atoms with E-state index in [0.29, 0.717) is 5.69 Å². The second-order valence-corrected chi connectivity index (χ2v) is 4.62. The van der Waals surface area contributed by atoms with Crippen LogP contribution in [-0.2, 0) is 5.41 Å². The molecule has 5 nitrogen and oxygen atoms in total. The molecule has 0 aromatic carbocycles. The van der Waals surface area contributed by atoms with E-state index in [0.717, 1.165) is 11.4 Å². The summed E-state index contributed by atoms with van der Waals surface area (Å²) in [4.78, 5) is 3.99. The zero-order valence-corrected chi connectivity index (χ0v) is 9.78. The van der Waals surface area contributed by atoms with Crippen LogP contribution in [0.1, 0.15) is 18.3 Å². The molecule has 1 aliphatic rings. The molecule has 8 heteroatoms. The first kappa shape index (κ1) is 11.8. The summed E-state index contributed by atoms with van der Waals surface area (Å²) in [6, 6.07) is 3.16. The maximum Gasteiger partial charge on any atom is 0.401 e. The summed E-state index contributed by atoms with van der Waals surface area (Å²) in [5.41, 5.74) is -1.50. The fourth-order valence-corrected chi connectivity index (χ4v) is 2.24. The standard InChI is InChI=1S/C11H8F3N5/c1-10(11(12,13)14)5-17-7-4-16-8-2-6(3-15)18-19(8)9(7)10/h2,4,17H,5H2,1H3/t10-/m0/s1. The lowest BCUT2D eigenvalue weighted by molar-refractivity contribution is -0.181. The van der Waals surface area contributed by atoms with Crippen molar-refractivity contribution < 1.29 is 13.2 Å². The number of hydrogen-bond donors (Lipinski definition) is 1. The predicted molar refractivity (Wildman–Crippen MR) is 59.6 cm³/mol. The lowest BCUT2D eigenvalue weighted by atomic mass is 9.88. The Bertz CT molecular complexity index is 711. The van der Waals surface area contributed by atoms with Crippen molar-refractivity contribution in [3.8, 4) is 6.07 Å². The highest BCUT2D eigenvalue weighted by Gasteiger charge is 2.57. The minimum absolute atomic E-state index is 0.00787. The number of alkyl halides is 3. The first-order valence-electron chi connectivity index (χ1n) is 5.47. The molecule has 1 aliphatic heterocycles. The minimum Gasteiger partial charge on any atom is -0.381 e. The molecule has 19 heavy (non-hydrogen) atoms. The Morgan fingerprint density at radius 2 is 2.26 bits per heavy atom. The number of nitrogens with one attached hydrogen (secondary N) is 1. The maximum atomic E-state index is 13.3. The van der Waals surface area contributed by atoms with Crippen molar-refractivity contribution in [2.24, 2.45) is 0 Å². The molecule has 2 aromatic heterocycles. The van der Waals surface area contributed by atoms with E-state index in [2.05, 4.69) is 15.4 Å². The van der Waals surface area contributed by atoms with Crippen LogP contribution >= 0.6 is 0 Å². The first-order valence-corrected chi connectivity index (χ1v) is 5.47. The number of nitrogens with zero attached hydrogens (tertiary/aromatic N) is 4. The van der Waals surface area contributed by atoms with E-state index in [1.807, 2.05) is 0 Å². The number of hydrogen-bond acceptors (Lipinski definition) is 4. The molecule has 0 spiro atoms. The van der Waals surface area contributed by atoms with Gasteiger partial charge in [0.05, 0.1) is 17.6 Å². The van der Waals surface area contributed by atoms with E-state index in [4.69, 9.17) is 5.26 Å². The van der Waals surface area contributed by atoms with Crippen molar-refractivity contribution in [1.29, 1.82) is 5.26 Å². The van der Waals surface area contributed by atoms with Crippen LogP contribution in [0.15, 0.2) is 12.3 Å². The number of rotatable bonds is 0. The third-order valence-electron chi connectivity index (χ3n) is 3.38. The summed E-state index contributed by atoms with van der Waals surface area (Å²) in [7, 11) is 0. The Labute approximate surface area is 105 Å². The molecule has 1 N–H and O–H groups in total. The Hall–Kier alpha value is -2.30. The zero-order valence-electron chi connectivity index (χ0n) is 9.78. The Balaban J connectivity index is 2.35. The van der Waals surface area contributed by atoms with Gasteiger partial charge in [-0.1, -0.05) is 0 Å². The molecule has 0 unspecified atom stereocenters. The van der Waals surface area contributed by atoms with E-state index in [9.17, 15) is 13.2 Å². The highest BCUT2D eigenvalue weighted by atomic mass is 19.4. The van der Waals surface area contributed by atoms with Crippen LogP contribution in [-0.4, -0.2) is 27.3 Å². The van der Waals surface area contributed by atoms with Crippen molar-refractivity contribution >= 4 is 11.3 Å². The number of halogens is 3. The van der Waals surface area contributed by atoms with Gasteiger partial charge >= 0.3 is 6.18 Å². The topological polar surface area (TPSA) is 66.0 Å². The van der Waals surface area contributed by atoms with Crippen LogP contribution in [0.2, 0.25) is 0 Å². The summed E-state index contributed by atoms with van der Waals surface area (Å²) in [6.07, 6.45) is -3.08.